The van der Waals surface area contributed by atoms with Gasteiger partial charge in [0.1, 0.15) is 5.82 Å². The molecule has 0 bridgehead atoms. The number of nitrogens with one attached hydrogen (secondary N) is 2. The van der Waals surface area contributed by atoms with Crippen LogP contribution in [0.2, 0.25) is 0 Å². The first kappa shape index (κ1) is 20.2. The Morgan fingerprint density at radius 3 is 2.58 bits per heavy atom. The Bertz CT molecular complexity index is 641. The molecule has 6 nitrogen and oxygen atoms in total. The quantitative estimate of drug-likeness (QED) is 0.615. The number of piperazine rings is 1. The summed E-state index contributed by atoms with van der Waals surface area (Å²) in [5, 5.41) is 6.59. The number of aryl methyl sites for hydroxylation is 1. The lowest BCUT2D eigenvalue weighted by Gasteiger charge is -2.34. The second-order valence-electron chi connectivity index (χ2n) is 6.72. The maximum Gasteiger partial charge on any atom is 0.219 e. The van der Waals surface area contributed by atoms with E-state index < -0.39 is 0 Å². The standard InChI is InChI=1S/C19H30FN5O/c1-14-5-6-17(13-18(14)20)15(2)23-19(21-4)22-7-8-24-9-11-25(12-10-24)16(3)26/h5-6,13,15H,7-12H2,1-4H3,(H2,21,22,23). The van der Waals surface area contributed by atoms with Crippen LogP contribution in [0.4, 0.5) is 4.39 Å². The molecule has 1 heterocycles. The maximum atomic E-state index is 13.7. The van der Waals surface area contributed by atoms with Crippen LogP contribution >= 0.6 is 0 Å². The van der Waals surface area contributed by atoms with E-state index in [9.17, 15) is 9.18 Å². The van der Waals surface area contributed by atoms with Crippen molar-refractivity contribution in [1.82, 2.24) is 20.4 Å². The molecule has 1 fully saturated rings. The first-order valence-electron chi connectivity index (χ1n) is 9.11. The fraction of sp³-hybridized carbons (Fsp3) is 0.579. The highest BCUT2D eigenvalue weighted by Gasteiger charge is 2.18. The number of carbonyl (C=O) groups excluding carboxylic acids is 1. The van der Waals surface area contributed by atoms with Gasteiger partial charge >= 0.3 is 0 Å². The van der Waals surface area contributed by atoms with Crippen molar-refractivity contribution in [3.05, 3.63) is 35.1 Å². The lowest BCUT2D eigenvalue weighted by molar-refractivity contribution is -0.130. The number of guanidine groups is 1. The van der Waals surface area contributed by atoms with Crippen molar-refractivity contribution in [3.63, 3.8) is 0 Å². The average Bonchev–Trinajstić information content (AvgIpc) is 2.63. The van der Waals surface area contributed by atoms with Crippen molar-refractivity contribution < 1.29 is 9.18 Å². The van der Waals surface area contributed by atoms with E-state index in [4.69, 9.17) is 0 Å². The number of hydrogen-bond donors (Lipinski definition) is 2. The minimum absolute atomic E-state index is 0.0459. The van der Waals surface area contributed by atoms with Gasteiger partial charge in [-0.3, -0.25) is 14.7 Å². The minimum Gasteiger partial charge on any atom is -0.355 e. The molecule has 1 amide bonds. The highest BCUT2D eigenvalue weighted by Crippen LogP contribution is 2.16. The molecule has 0 radical (unpaired) electrons. The molecule has 0 aromatic heterocycles. The van der Waals surface area contributed by atoms with Gasteiger partial charge in [-0.25, -0.2) is 4.39 Å². The minimum atomic E-state index is -0.191. The molecule has 1 aliphatic rings. The van der Waals surface area contributed by atoms with E-state index in [1.165, 1.54) is 0 Å². The van der Waals surface area contributed by atoms with Gasteiger partial charge < -0.3 is 15.5 Å². The van der Waals surface area contributed by atoms with Gasteiger partial charge in [0, 0.05) is 53.2 Å². The van der Waals surface area contributed by atoms with Crippen molar-refractivity contribution in [2.45, 2.75) is 26.8 Å². The van der Waals surface area contributed by atoms with Crippen LogP contribution in [-0.4, -0.2) is 68.0 Å². The summed E-state index contributed by atoms with van der Waals surface area (Å²) < 4.78 is 13.7. The monoisotopic (exact) mass is 363 g/mol. The Balaban J connectivity index is 1.75. The van der Waals surface area contributed by atoms with Crippen LogP contribution < -0.4 is 10.6 Å². The Kier molecular flexibility index (Phi) is 7.38. The van der Waals surface area contributed by atoms with E-state index in [0.29, 0.717) is 11.5 Å². The number of rotatable bonds is 5. The van der Waals surface area contributed by atoms with Gasteiger partial charge in [-0.15, -0.1) is 0 Å². The Morgan fingerprint density at radius 2 is 2.00 bits per heavy atom. The van der Waals surface area contributed by atoms with Crippen LogP contribution in [0.15, 0.2) is 23.2 Å². The number of aliphatic imine (C=N–C) groups is 1. The summed E-state index contributed by atoms with van der Waals surface area (Å²) in [6.07, 6.45) is 0. The molecule has 1 aromatic rings. The molecular weight excluding hydrogens is 333 g/mol. The molecule has 2 N–H and O–H groups in total. The molecule has 1 atom stereocenters. The zero-order chi connectivity index (χ0) is 19.1. The predicted octanol–water partition coefficient (Wildman–Crippen LogP) is 1.52. The number of benzene rings is 1. The first-order valence-corrected chi connectivity index (χ1v) is 9.11. The van der Waals surface area contributed by atoms with Crippen LogP contribution in [0.1, 0.15) is 31.0 Å². The summed E-state index contributed by atoms with van der Waals surface area (Å²) in [5.41, 5.74) is 1.53. The van der Waals surface area contributed by atoms with Crippen LogP contribution in [0.3, 0.4) is 0 Å². The Morgan fingerprint density at radius 1 is 1.31 bits per heavy atom. The van der Waals surface area contributed by atoms with Crippen LogP contribution in [0.5, 0.6) is 0 Å². The number of amides is 1. The molecule has 0 spiro atoms. The second-order valence-corrected chi connectivity index (χ2v) is 6.72. The van der Waals surface area contributed by atoms with E-state index in [0.717, 1.165) is 44.8 Å². The Hall–Kier alpha value is -2.15. The molecule has 144 valence electrons. The summed E-state index contributed by atoms with van der Waals surface area (Å²) in [4.78, 5) is 19.8. The van der Waals surface area contributed by atoms with Gasteiger partial charge in [0.15, 0.2) is 5.96 Å². The fourth-order valence-electron chi connectivity index (χ4n) is 2.98. The molecule has 2 rings (SSSR count). The molecule has 0 aliphatic carbocycles. The molecule has 1 aliphatic heterocycles. The number of carbonyl (C=O) groups is 1. The van der Waals surface area contributed by atoms with Crippen molar-refractivity contribution in [3.8, 4) is 0 Å². The van der Waals surface area contributed by atoms with E-state index in [1.54, 1.807) is 33.0 Å². The third-order valence-electron chi connectivity index (χ3n) is 4.81. The van der Waals surface area contributed by atoms with E-state index in [1.807, 2.05) is 17.9 Å². The molecule has 0 saturated carbocycles. The number of nitrogens with zero attached hydrogens (tertiary/aromatic N) is 3. The SMILES string of the molecule is CN=C(NCCN1CCN(C(C)=O)CC1)NC(C)c1ccc(C)c(F)c1. The average molecular weight is 363 g/mol. The molecule has 26 heavy (non-hydrogen) atoms. The molecule has 1 saturated heterocycles. The number of hydrogen-bond acceptors (Lipinski definition) is 3. The van der Waals surface area contributed by atoms with Gasteiger partial charge in [0.2, 0.25) is 5.91 Å². The molecule has 7 heteroatoms. The largest absolute Gasteiger partial charge is 0.355 e. The summed E-state index contributed by atoms with van der Waals surface area (Å²) in [5.74, 6) is 0.651. The second kappa shape index (κ2) is 9.52. The maximum absolute atomic E-state index is 13.7. The van der Waals surface area contributed by atoms with E-state index >= 15 is 0 Å². The molecular formula is C19H30FN5O. The normalized spacial score (nSPS) is 17.1. The zero-order valence-corrected chi connectivity index (χ0v) is 16.2. The first-order chi connectivity index (χ1) is 12.4. The van der Waals surface area contributed by atoms with Gasteiger partial charge in [0.05, 0.1) is 6.04 Å². The van der Waals surface area contributed by atoms with Gasteiger partial charge in [-0.05, 0) is 31.0 Å². The van der Waals surface area contributed by atoms with Gasteiger partial charge in [0.25, 0.3) is 0 Å². The van der Waals surface area contributed by atoms with E-state index in [2.05, 4.69) is 20.5 Å². The third kappa shape index (κ3) is 5.69. The van der Waals surface area contributed by atoms with Gasteiger partial charge in [-0.2, -0.15) is 0 Å². The predicted molar refractivity (Wildman–Crippen MR) is 103 cm³/mol. The fourth-order valence-corrected chi connectivity index (χ4v) is 2.98. The Labute approximate surface area is 155 Å². The summed E-state index contributed by atoms with van der Waals surface area (Å²) in [7, 11) is 1.73. The summed E-state index contributed by atoms with van der Waals surface area (Å²) in [6.45, 7) is 10.4. The highest BCUT2D eigenvalue weighted by atomic mass is 19.1. The smallest absolute Gasteiger partial charge is 0.219 e. The lowest BCUT2D eigenvalue weighted by atomic mass is 10.1. The van der Waals surface area contributed by atoms with Crippen molar-refractivity contribution in [2.75, 3.05) is 46.3 Å². The van der Waals surface area contributed by atoms with Crippen LogP contribution in [0, 0.1) is 12.7 Å². The van der Waals surface area contributed by atoms with Crippen molar-refractivity contribution in [1.29, 1.82) is 0 Å². The molecule has 1 aromatic carbocycles. The van der Waals surface area contributed by atoms with Crippen molar-refractivity contribution >= 4 is 11.9 Å². The summed E-state index contributed by atoms with van der Waals surface area (Å²) in [6, 6.07) is 5.24. The van der Waals surface area contributed by atoms with E-state index in [-0.39, 0.29) is 17.8 Å². The van der Waals surface area contributed by atoms with Crippen LogP contribution in [0.25, 0.3) is 0 Å². The van der Waals surface area contributed by atoms with Gasteiger partial charge in [-0.1, -0.05) is 12.1 Å². The third-order valence-corrected chi connectivity index (χ3v) is 4.81. The zero-order valence-electron chi connectivity index (χ0n) is 16.2. The molecule has 1 unspecified atom stereocenters. The topological polar surface area (TPSA) is 60.0 Å². The summed E-state index contributed by atoms with van der Waals surface area (Å²) >= 11 is 0. The van der Waals surface area contributed by atoms with Crippen molar-refractivity contribution in [2.24, 2.45) is 4.99 Å². The number of halogens is 1. The lowest BCUT2D eigenvalue weighted by Crippen LogP contribution is -2.50. The highest BCUT2D eigenvalue weighted by molar-refractivity contribution is 5.80. The van der Waals surface area contributed by atoms with Crippen LogP contribution in [-0.2, 0) is 4.79 Å².